The number of fused-ring (bicyclic) bond motifs is 2. The number of nitrogens with zero attached hydrogens (tertiary/aromatic N) is 4. The van der Waals surface area contributed by atoms with Crippen LogP contribution in [0.15, 0.2) is 30.3 Å². The van der Waals surface area contributed by atoms with Crippen LogP contribution in [-0.4, -0.2) is 93.7 Å². The molecule has 4 atom stereocenters. The van der Waals surface area contributed by atoms with Crippen LogP contribution in [0.4, 0.5) is 13.6 Å². The lowest BCUT2D eigenvalue weighted by molar-refractivity contribution is -0.139. The summed E-state index contributed by atoms with van der Waals surface area (Å²) in [5, 5.41) is 0. The highest BCUT2D eigenvalue weighted by Gasteiger charge is 2.63. The molecule has 1 aromatic carbocycles. The summed E-state index contributed by atoms with van der Waals surface area (Å²) < 4.78 is 26.7. The minimum atomic E-state index is -2.75. The number of carbonyl (C=O) groups is 3. The predicted octanol–water partition coefficient (Wildman–Crippen LogP) is 4.97. The molecular formula is C31H44F2N4O3. The fourth-order valence-electron chi connectivity index (χ4n) is 7.93. The van der Waals surface area contributed by atoms with Gasteiger partial charge in [0.2, 0.25) is 5.91 Å². The first kappa shape index (κ1) is 29.0. The first-order valence-corrected chi connectivity index (χ1v) is 14.8. The molecule has 1 spiro atoms. The SMILES string of the molecule is CC(C)N1C(=O)N(CC(F)F)C(=O)C12CC1CCC(C2)N1C[C@H]1CN(C(=O)CC(C)(C)C)C[C@@H]1c1ccccc1. The molecule has 40 heavy (non-hydrogen) atoms. The summed E-state index contributed by atoms with van der Waals surface area (Å²) in [5.74, 6) is 0.216. The van der Waals surface area contributed by atoms with E-state index in [0.29, 0.717) is 32.4 Å². The second-order valence-electron chi connectivity index (χ2n) is 13.9. The van der Waals surface area contributed by atoms with Gasteiger partial charge in [0.25, 0.3) is 12.3 Å². The highest BCUT2D eigenvalue weighted by atomic mass is 19.3. The van der Waals surface area contributed by atoms with E-state index in [-0.39, 0.29) is 41.3 Å². The summed E-state index contributed by atoms with van der Waals surface area (Å²) in [7, 11) is 0. The molecule has 4 aliphatic heterocycles. The number of carbonyl (C=O) groups excluding carboxylic acids is 3. The van der Waals surface area contributed by atoms with Crippen molar-refractivity contribution in [3.05, 3.63) is 35.9 Å². The number of alkyl halides is 2. The molecule has 220 valence electrons. The third-order valence-electron chi connectivity index (χ3n) is 9.44. The molecular weight excluding hydrogens is 514 g/mol. The van der Waals surface area contributed by atoms with Crippen molar-refractivity contribution >= 4 is 17.8 Å². The molecule has 4 heterocycles. The van der Waals surface area contributed by atoms with E-state index in [1.54, 1.807) is 4.90 Å². The Hall–Kier alpha value is -2.55. The molecule has 4 amide bonds. The van der Waals surface area contributed by atoms with Crippen molar-refractivity contribution < 1.29 is 23.2 Å². The van der Waals surface area contributed by atoms with Gasteiger partial charge in [0, 0.05) is 50.1 Å². The molecule has 0 aliphatic carbocycles. The van der Waals surface area contributed by atoms with Crippen molar-refractivity contribution in [3.8, 4) is 0 Å². The lowest BCUT2D eigenvalue weighted by atomic mass is 9.79. The summed E-state index contributed by atoms with van der Waals surface area (Å²) in [5.41, 5.74) is 0.111. The van der Waals surface area contributed by atoms with Gasteiger partial charge in [-0.05, 0) is 56.4 Å². The minimum absolute atomic E-state index is 0.0799. The number of urea groups is 1. The Labute approximate surface area is 236 Å². The number of imide groups is 1. The van der Waals surface area contributed by atoms with E-state index in [0.717, 1.165) is 24.3 Å². The third-order valence-corrected chi connectivity index (χ3v) is 9.44. The van der Waals surface area contributed by atoms with Gasteiger partial charge < -0.3 is 9.80 Å². The maximum atomic E-state index is 13.6. The lowest BCUT2D eigenvalue weighted by Crippen LogP contribution is -2.62. The van der Waals surface area contributed by atoms with Crippen LogP contribution in [0.5, 0.6) is 0 Å². The molecule has 4 fully saturated rings. The van der Waals surface area contributed by atoms with Crippen LogP contribution in [0.1, 0.15) is 78.2 Å². The topological polar surface area (TPSA) is 64.2 Å². The summed E-state index contributed by atoms with van der Waals surface area (Å²) in [6.07, 6.45) is 0.543. The number of piperidine rings is 1. The Morgan fingerprint density at radius 3 is 2.20 bits per heavy atom. The fraction of sp³-hybridized carbons (Fsp3) is 0.710. The number of benzene rings is 1. The summed E-state index contributed by atoms with van der Waals surface area (Å²) in [6.45, 7) is 11.4. The van der Waals surface area contributed by atoms with Crippen molar-refractivity contribution in [2.75, 3.05) is 26.2 Å². The van der Waals surface area contributed by atoms with Gasteiger partial charge in [-0.1, -0.05) is 51.1 Å². The average Bonchev–Trinajstić information content (AvgIpc) is 3.45. The van der Waals surface area contributed by atoms with E-state index < -0.39 is 30.4 Å². The van der Waals surface area contributed by atoms with Crippen LogP contribution in [0.3, 0.4) is 0 Å². The average molecular weight is 559 g/mol. The molecule has 0 radical (unpaired) electrons. The highest BCUT2D eigenvalue weighted by molar-refractivity contribution is 6.07. The van der Waals surface area contributed by atoms with Crippen LogP contribution in [0.25, 0.3) is 0 Å². The molecule has 2 unspecified atom stereocenters. The second kappa shape index (κ2) is 10.7. The number of halogens is 2. The summed E-state index contributed by atoms with van der Waals surface area (Å²) >= 11 is 0. The number of likely N-dealkylation sites (tertiary alicyclic amines) is 1. The van der Waals surface area contributed by atoms with E-state index in [1.165, 1.54) is 5.56 Å². The molecule has 5 rings (SSSR count). The largest absolute Gasteiger partial charge is 0.342 e. The van der Waals surface area contributed by atoms with Gasteiger partial charge in [-0.25, -0.2) is 13.6 Å². The fourth-order valence-corrected chi connectivity index (χ4v) is 7.93. The Morgan fingerprint density at radius 1 is 1.02 bits per heavy atom. The van der Waals surface area contributed by atoms with Gasteiger partial charge in [-0.2, -0.15) is 0 Å². The Kier molecular flexibility index (Phi) is 7.74. The molecule has 2 bridgehead atoms. The number of amides is 4. The van der Waals surface area contributed by atoms with Gasteiger partial charge in [-0.3, -0.25) is 19.4 Å². The van der Waals surface area contributed by atoms with E-state index >= 15 is 0 Å². The summed E-state index contributed by atoms with van der Waals surface area (Å²) in [4.78, 5) is 47.0. The van der Waals surface area contributed by atoms with Gasteiger partial charge in [0.05, 0.1) is 6.54 Å². The highest BCUT2D eigenvalue weighted by Crippen LogP contribution is 2.49. The molecule has 0 aromatic heterocycles. The van der Waals surface area contributed by atoms with Crippen molar-refractivity contribution in [1.29, 1.82) is 0 Å². The number of rotatable bonds is 7. The van der Waals surface area contributed by atoms with Crippen LogP contribution in [0, 0.1) is 11.3 Å². The first-order chi connectivity index (χ1) is 18.8. The smallest absolute Gasteiger partial charge is 0.328 e. The normalized spacial score (nSPS) is 31.1. The van der Waals surface area contributed by atoms with Crippen molar-refractivity contribution in [2.45, 2.75) is 103 Å². The van der Waals surface area contributed by atoms with Crippen molar-refractivity contribution in [3.63, 3.8) is 0 Å². The van der Waals surface area contributed by atoms with E-state index in [9.17, 15) is 23.2 Å². The zero-order valence-corrected chi connectivity index (χ0v) is 24.5. The molecule has 0 saturated carbocycles. The van der Waals surface area contributed by atoms with Gasteiger partial charge in [0.1, 0.15) is 5.54 Å². The molecule has 4 aliphatic rings. The van der Waals surface area contributed by atoms with Crippen molar-refractivity contribution in [2.24, 2.45) is 11.3 Å². The zero-order valence-electron chi connectivity index (χ0n) is 24.5. The second-order valence-corrected chi connectivity index (χ2v) is 13.9. The quantitative estimate of drug-likeness (QED) is 0.444. The van der Waals surface area contributed by atoms with Gasteiger partial charge in [0.15, 0.2) is 0 Å². The summed E-state index contributed by atoms with van der Waals surface area (Å²) in [6, 6.07) is 9.76. The molecule has 7 nitrogen and oxygen atoms in total. The predicted molar refractivity (Wildman–Crippen MR) is 149 cm³/mol. The van der Waals surface area contributed by atoms with Crippen LogP contribution < -0.4 is 0 Å². The molecule has 4 saturated heterocycles. The van der Waals surface area contributed by atoms with Crippen LogP contribution in [-0.2, 0) is 9.59 Å². The maximum absolute atomic E-state index is 13.6. The first-order valence-electron chi connectivity index (χ1n) is 14.8. The van der Waals surface area contributed by atoms with E-state index in [4.69, 9.17) is 0 Å². The molecule has 9 heteroatoms. The maximum Gasteiger partial charge on any atom is 0.328 e. The third kappa shape index (κ3) is 5.26. The molecule has 1 aromatic rings. The Morgan fingerprint density at radius 2 is 1.65 bits per heavy atom. The monoisotopic (exact) mass is 558 g/mol. The Balaban J connectivity index is 1.37. The van der Waals surface area contributed by atoms with Gasteiger partial charge in [-0.15, -0.1) is 0 Å². The van der Waals surface area contributed by atoms with E-state index in [2.05, 4.69) is 49.9 Å². The standard InChI is InChI=1S/C31H44F2N4O3/c1-20(2)37-29(40)36(19-26(32)33)28(39)31(37)13-23-11-12-24(14-31)35(23)17-22-16-34(27(38)15-30(3,4)5)18-25(22)21-9-7-6-8-10-21/h6-10,20,22-26H,11-19H2,1-5H3/t22-,23?,24?,25-,31?/m1/s1. The van der Waals surface area contributed by atoms with Crippen molar-refractivity contribution in [1.82, 2.24) is 19.6 Å². The number of hydrogen-bond acceptors (Lipinski definition) is 4. The lowest BCUT2D eigenvalue weighted by Gasteiger charge is -2.48. The Bertz CT molecular complexity index is 1110. The number of hydrogen-bond donors (Lipinski definition) is 0. The van der Waals surface area contributed by atoms with Crippen LogP contribution >= 0.6 is 0 Å². The minimum Gasteiger partial charge on any atom is -0.342 e. The molecule has 0 N–H and O–H groups in total. The zero-order chi connectivity index (χ0) is 29.0. The van der Waals surface area contributed by atoms with Gasteiger partial charge >= 0.3 is 6.03 Å². The van der Waals surface area contributed by atoms with Crippen LogP contribution in [0.2, 0.25) is 0 Å². The van der Waals surface area contributed by atoms with E-state index in [1.807, 2.05) is 24.8 Å².